The molecule has 10 heteroatoms. The highest BCUT2D eigenvalue weighted by Gasteiger charge is 2.40. The van der Waals surface area contributed by atoms with Crippen molar-refractivity contribution in [1.29, 1.82) is 0 Å². The number of halogens is 5. The number of anilines is 1. The molecule has 0 aromatic heterocycles. The minimum atomic E-state index is -4.68. The van der Waals surface area contributed by atoms with Crippen molar-refractivity contribution in [2.75, 3.05) is 19.5 Å². The predicted octanol–water partition coefficient (Wildman–Crippen LogP) is 6.20. The van der Waals surface area contributed by atoms with Crippen LogP contribution in [-0.4, -0.2) is 14.2 Å². The van der Waals surface area contributed by atoms with Crippen molar-refractivity contribution >= 4 is 29.2 Å². The summed E-state index contributed by atoms with van der Waals surface area (Å²) in [7, 11) is -1.87. The van der Waals surface area contributed by atoms with Crippen molar-refractivity contribution in [2.24, 2.45) is 0 Å². The van der Waals surface area contributed by atoms with Crippen LogP contribution in [0.25, 0.3) is 0 Å². The third-order valence-corrected chi connectivity index (χ3v) is 6.16. The van der Waals surface area contributed by atoms with Gasteiger partial charge in [-0.2, -0.15) is 13.2 Å². The molecule has 0 saturated carbocycles. The number of hydrogen-bond acceptors (Lipinski definition) is 4. The highest BCUT2D eigenvalue weighted by Crippen LogP contribution is 2.60. The lowest BCUT2D eigenvalue weighted by atomic mass is 10.1. The Morgan fingerprint density at radius 3 is 2.27 bits per heavy atom. The average molecular weight is 456 g/mol. The van der Waals surface area contributed by atoms with Crippen molar-refractivity contribution in [3.8, 4) is 0 Å². The Morgan fingerprint density at radius 2 is 1.73 bits per heavy atom. The van der Waals surface area contributed by atoms with Crippen molar-refractivity contribution < 1.29 is 31.2 Å². The summed E-state index contributed by atoms with van der Waals surface area (Å²) in [5, 5.41) is 2.49. The normalized spacial score (nSPS) is 13.5. The van der Waals surface area contributed by atoms with Gasteiger partial charge in [-0.15, -0.1) is 0 Å². The van der Waals surface area contributed by atoms with Crippen LogP contribution in [0.5, 0.6) is 0 Å². The Balaban J connectivity index is 2.60. The molecule has 0 aliphatic heterocycles. The second kappa shape index (κ2) is 8.08. The van der Waals surface area contributed by atoms with E-state index in [1.54, 1.807) is 0 Å². The van der Waals surface area contributed by atoms with E-state index in [9.17, 15) is 22.1 Å². The summed E-state index contributed by atoms with van der Waals surface area (Å²) in [5.74, 6) is -2.24. The van der Waals surface area contributed by atoms with Crippen molar-refractivity contribution in [1.82, 2.24) is 0 Å². The van der Waals surface area contributed by atoms with Gasteiger partial charge in [0.05, 0.1) is 5.56 Å². The Hall–Kier alpha value is -1.41. The molecule has 1 unspecified atom stereocenters. The number of hydrogen-bond donors (Lipinski definition) is 1. The maximum Gasteiger partial charge on any atom is 0.418 e. The van der Waals surface area contributed by atoms with Crippen LogP contribution in [0.1, 0.15) is 16.9 Å². The molecule has 0 aliphatic rings. The molecule has 26 heavy (non-hydrogen) atoms. The fraction of sp³-hybridized carbons (Fsp3) is 0.250. The quantitative estimate of drug-likeness (QED) is 0.415. The molecular formula is C16H15BrF4NO3P. The van der Waals surface area contributed by atoms with Crippen molar-refractivity contribution in [3.63, 3.8) is 0 Å². The summed E-state index contributed by atoms with van der Waals surface area (Å²) in [4.78, 5) is 0. The summed E-state index contributed by atoms with van der Waals surface area (Å²) >= 11 is 2.99. The summed E-state index contributed by atoms with van der Waals surface area (Å²) in [6, 6.07) is 8.66. The van der Waals surface area contributed by atoms with Gasteiger partial charge >= 0.3 is 13.8 Å². The first kappa shape index (κ1) is 20.9. The maximum absolute atomic E-state index is 14.2. The highest BCUT2D eigenvalue weighted by molar-refractivity contribution is 9.10. The molecule has 142 valence electrons. The van der Waals surface area contributed by atoms with Crippen LogP contribution in [-0.2, 0) is 19.8 Å². The summed E-state index contributed by atoms with van der Waals surface area (Å²) in [5.41, 5.74) is -1.54. The van der Waals surface area contributed by atoms with Crippen molar-refractivity contribution in [2.45, 2.75) is 12.0 Å². The lowest BCUT2D eigenvalue weighted by molar-refractivity contribution is -0.137. The van der Waals surface area contributed by atoms with E-state index in [-0.39, 0.29) is 15.7 Å². The first-order valence-electron chi connectivity index (χ1n) is 7.21. The van der Waals surface area contributed by atoms with E-state index in [2.05, 4.69) is 21.2 Å². The van der Waals surface area contributed by atoms with Crippen LogP contribution in [0, 0.1) is 5.82 Å². The number of benzene rings is 2. The van der Waals surface area contributed by atoms with Gasteiger partial charge in [0.25, 0.3) is 0 Å². The monoisotopic (exact) mass is 455 g/mol. The zero-order chi connectivity index (χ0) is 19.5. The van der Waals surface area contributed by atoms with E-state index in [1.807, 2.05) is 0 Å². The van der Waals surface area contributed by atoms with E-state index in [4.69, 9.17) is 9.05 Å². The minimum Gasteiger partial charge on any atom is -0.367 e. The largest absolute Gasteiger partial charge is 0.418 e. The lowest BCUT2D eigenvalue weighted by Crippen LogP contribution is -2.18. The third-order valence-electron chi connectivity index (χ3n) is 3.60. The second-order valence-electron chi connectivity index (χ2n) is 5.16. The average Bonchev–Trinajstić information content (AvgIpc) is 2.60. The standard InChI is InChI=1S/C16H15BrF4NO3P/c1-24-26(23,25-2)15(11-5-3-4-6-13(11)18)22-14-8-7-10(17)9-12(14)16(19,20)21/h3-9,15,22H,1-2H3. The van der Waals surface area contributed by atoms with Gasteiger partial charge in [0.1, 0.15) is 5.82 Å². The van der Waals surface area contributed by atoms with Crippen LogP contribution in [0.15, 0.2) is 46.9 Å². The highest BCUT2D eigenvalue weighted by atomic mass is 79.9. The predicted molar refractivity (Wildman–Crippen MR) is 93.5 cm³/mol. The summed E-state index contributed by atoms with van der Waals surface area (Å²) in [6.07, 6.45) is -4.68. The SMILES string of the molecule is COP(=O)(OC)C(Nc1ccc(Br)cc1C(F)(F)F)c1ccccc1F. The van der Waals surface area contributed by atoms with Gasteiger partial charge in [0.2, 0.25) is 0 Å². The number of rotatable bonds is 6. The molecule has 1 atom stereocenters. The minimum absolute atomic E-state index is 0.143. The van der Waals surface area contributed by atoms with Crippen LogP contribution in [0.2, 0.25) is 0 Å². The molecular weight excluding hydrogens is 441 g/mol. The number of nitrogens with one attached hydrogen (secondary N) is 1. The Morgan fingerprint density at radius 1 is 1.12 bits per heavy atom. The summed E-state index contributed by atoms with van der Waals surface area (Å²) < 4.78 is 77.2. The first-order chi connectivity index (χ1) is 12.1. The van der Waals surface area contributed by atoms with Crippen LogP contribution in [0.4, 0.5) is 23.2 Å². The Bertz CT molecular complexity index is 823. The van der Waals surface area contributed by atoms with Gasteiger partial charge in [-0.25, -0.2) is 4.39 Å². The molecule has 4 nitrogen and oxygen atoms in total. The van der Waals surface area contributed by atoms with Gasteiger partial charge in [0.15, 0.2) is 5.78 Å². The molecule has 2 aromatic carbocycles. The fourth-order valence-corrected chi connectivity index (χ4v) is 4.11. The molecule has 0 aliphatic carbocycles. The first-order valence-corrected chi connectivity index (χ1v) is 9.61. The second-order valence-corrected chi connectivity index (χ2v) is 8.40. The molecule has 2 aromatic rings. The molecule has 0 spiro atoms. The zero-order valence-electron chi connectivity index (χ0n) is 13.7. The van der Waals surface area contributed by atoms with E-state index in [0.29, 0.717) is 0 Å². The lowest BCUT2D eigenvalue weighted by Gasteiger charge is -2.28. The zero-order valence-corrected chi connectivity index (χ0v) is 16.2. The molecule has 0 amide bonds. The molecule has 0 bridgehead atoms. The van der Waals surface area contributed by atoms with Gasteiger partial charge < -0.3 is 14.4 Å². The molecule has 0 saturated heterocycles. The van der Waals surface area contributed by atoms with E-state index < -0.39 is 30.9 Å². The topological polar surface area (TPSA) is 47.6 Å². The molecule has 0 radical (unpaired) electrons. The fourth-order valence-electron chi connectivity index (χ4n) is 2.33. The molecule has 1 N–H and O–H groups in total. The Labute approximate surface area is 156 Å². The molecule has 2 rings (SSSR count). The van der Waals surface area contributed by atoms with Crippen molar-refractivity contribution in [3.05, 3.63) is 63.9 Å². The van der Waals surface area contributed by atoms with Crippen LogP contribution < -0.4 is 5.32 Å². The van der Waals surface area contributed by atoms with Gasteiger partial charge in [-0.05, 0) is 24.3 Å². The van der Waals surface area contributed by atoms with E-state index >= 15 is 0 Å². The van der Waals surface area contributed by atoms with E-state index in [0.717, 1.165) is 32.4 Å². The summed E-state index contributed by atoms with van der Waals surface area (Å²) in [6.45, 7) is 0. The van der Waals surface area contributed by atoms with Gasteiger partial charge in [-0.3, -0.25) is 4.57 Å². The molecule has 0 heterocycles. The maximum atomic E-state index is 14.2. The molecule has 0 fully saturated rings. The Kier molecular flexibility index (Phi) is 6.50. The van der Waals surface area contributed by atoms with Crippen LogP contribution in [0.3, 0.4) is 0 Å². The number of alkyl halides is 3. The van der Waals surface area contributed by atoms with Gasteiger partial charge in [0, 0.05) is 29.9 Å². The van der Waals surface area contributed by atoms with Gasteiger partial charge in [-0.1, -0.05) is 34.1 Å². The van der Waals surface area contributed by atoms with Crippen LogP contribution >= 0.6 is 23.5 Å². The smallest absolute Gasteiger partial charge is 0.367 e. The third kappa shape index (κ3) is 4.46. The van der Waals surface area contributed by atoms with E-state index in [1.165, 1.54) is 24.3 Å².